The highest BCUT2D eigenvalue weighted by molar-refractivity contribution is 6.03. The number of likely N-dealkylation sites (N-methyl/N-ethyl adjacent to an activating group) is 1. The standard InChI is InChI=1S/C34H33F2N5O2.C20H28N4O2.C7H11F2NO2/c1-2-23-25(35)11-9-21-7-3-8-24(27(21)23)30-29(36)31-28-26(37-30)12-10-22-19-42-18-6-17-41(22)32(28)39-33(38-31)43-20-34-13-4-15-40(34)16-5-14-34;1-14-8-10-24(11-9-14)15-6-7-16-18(13-15)23(3)22-19(16)17(5-4-12-25)20(26)21-2;1-12-6(11)10-4-2-3-7(8,9)5-10/h1,3,7-9,11,22H,4-6,10,12-20H2;6-7,12-14,17H,4-5,8-11H2,1-3H3,(H,21,26);2-5H2,1H3. The highest BCUT2D eigenvalue weighted by atomic mass is 19.3. The summed E-state index contributed by atoms with van der Waals surface area (Å²) < 4.78 is 75.7. The molecule has 3 aromatic carbocycles. The normalized spacial score (nSPS) is 19.9. The fraction of sp³-hybridized carbons (Fsp3) is 0.525. The van der Waals surface area contributed by atoms with Crippen molar-refractivity contribution in [1.82, 2.24) is 39.8 Å². The van der Waals surface area contributed by atoms with Gasteiger partial charge < -0.3 is 39.0 Å². The second-order valence-electron chi connectivity index (χ2n) is 22.4. The number of carbonyl (C=O) groups is 3. The third kappa shape index (κ3) is 11.8. The average Bonchev–Trinajstić information content (AvgIpc) is 4.31. The molecule has 5 fully saturated rings. The Morgan fingerprint density at radius 2 is 1.73 bits per heavy atom. The molecule has 81 heavy (non-hydrogen) atoms. The van der Waals surface area contributed by atoms with Crippen LogP contribution in [0.15, 0.2) is 48.5 Å². The zero-order valence-electron chi connectivity index (χ0n) is 46.8. The molecule has 3 aromatic heterocycles. The van der Waals surface area contributed by atoms with Gasteiger partial charge in [0.05, 0.1) is 65.6 Å². The van der Waals surface area contributed by atoms with Gasteiger partial charge in [-0.25, -0.2) is 27.3 Å². The van der Waals surface area contributed by atoms with Crippen LogP contribution < -0.4 is 19.9 Å². The lowest BCUT2D eigenvalue weighted by atomic mass is 9.95. The number of nitrogens with one attached hydrogen (secondary N) is 1. The van der Waals surface area contributed by atoms with Gasteiger partial charge in [-0.1, -0.05) is 37.1 Å². The lowest BCUT2D eigenvalue weighted by Crippen LogP contribution is -2.45. The van der Waals surface area contributed by atoms with Gasteiger partial charge in [0, 0.05) is 81.7 Å². The summed E-state index contributed by atoms with van der Waals surface area (Å²) in [4.78, 5) is 56.8. The number of amides is 2. The van der Waals surface area contributed by atoms with Crippen LogP contribution in [0, 0.1) is 29.9 Å². The number of terminal acetylenes is 1. The van der Waals surface area contributed by atoms with E-state index < -0.39 is 36.1 Å². The van der Waals surface area contributed by atoms with Crippen LogP contribution in [-0.4, -0.2) is 150 Å². The van der Waals surface area contributed by atoms with Crippen molar-refractivity contribution in [3.63, 3.8) is 0 Å². The van der Waals surface area contributed by atoms with E-state index in [1.165, 1.54) is 31.7 Å². The summed E-state index contributed by atoms with van der Waals surface area (Å²) in [7, 11) is 4.72. The predicted octanol–water partition coefficient (Wildman–Crippen LogP) is 9.76. The molecule has 9 heterocycles. The number of anilines is 2. The van der Waals surface area contributed by atoms with E-state index in [4.69, 9.17) is 30.8 Å². The molecule has 2 amide bonds. The number of methoxy groups -OCH3 is 1. The Morgan fingerprint density at radius 3 is 2.46 bits per heavy atom. The number of aldehydes is 1. The van der Waals surface area contributed by atoms with Crippen molar-refractivity contribution in [2.24, 2.45) is 13.0 Å². The molecule has 16 nitrogen and oxygen atoms in total. The van der Waals surface area contributed by atoms with Gasteiger partial charge in [0.1, 0.15) is 35.7 Å². The molecular weight excluding hydrogens is 1040 g/mol. The Balaban J connectivity index is 0.000000164. The van der Waals surface area contributed by atoms with Crippen LogP contribution in [0.3, 0.4) is 0 Å². The number of nitrogens with zero attached hydrogens (tertiary/aromatic N) is 9. The minimum atomic E-state index is -2.74. The lowest BCUT2D eigenvalue weighted by Gasteiger charge is -2.32. The van der Waals surface area contributed by atoms with Crippen LogP contribution in [-0.2, 0) is 32.5 Å². The first-order chi connectivity index (χ1) is 39.2. The summed E-state index contributed by atoms with van der Waals surface area (Å²) in [5.74, 6) is -0.429. The fourth-order valence-corrected chi connectivity index (χ4v) is 12.9. The number of halogens is 4. The lowest BCUT2D eigenvalue weighted by molar-refractivity contribution is -0.122. The SMILES string of the molecule is C#Cc1c(F)ccc2cccc(-c3nc4c5c(nc(OCC67CCCN6CCC7)nc5c3F)N3CCCOCC3CC4)c12.CNC(=O)C(CCC=O)c1nn(C)c2cc(N3CCC(C)CC3)ccc12.COC(=O)N1CCCC(F)(F)C1. The van der Waals surface area contributed by atoms with Gasteiger partial charge in [-0.05, 0) is 119 Å². The van der Waals surface area contributed by atoms with Crippen LogP contribution in [0.2, 0.25) is 0 Å². The molecule has 0 bridgehead atoms. The average molecular weight is 1120 g/mol. The molecule has 6 aliphatic rings. The number of aryl methyl sites for hydroxylation is 2. The largest absolute Gasteiger partial charge is 0.461 e. The number of pyridine rings is 1. The minimum absolute atomic E-state index is 0.00280. The zero-order chi connectivity index (χ0) is 57.0. The molecule has 430 valence electrons. The molecular formula is C61H72F4N10O6. The summed E-state index contributed by atoms with van der Waals surface area (Å²) in [6.45, 7) is 8.95. The van der Waals surface area contributed by atoms with E-state index in [1.54, 1.807) is 19.2 Å². The highest BCUT2D eigenvalue weighted by Crippen LogP contribution is 2.43. The Morgan fingerprint density at radius 1 is 0.951 bits per heavy atom. The van der Waals surface area contributed by atoms with E-state index in [1.807, 2.05) is 23.9 Å². The number of piperidine rings is 2. The van der Waals surface area contributed by atoms with Gasteiger partial charge in [-0.3, -0.25) is 14.4 Å². The van der Waals surface area contributed by atoms with Gasteiger partial charge in [-0.2, -0.15) is 15.1 Å². The second-order valence-corrected chi connectivity index (χ2v) is 22.4. The van der Waals surface area contributed by atoms with Gasteiger partial charge in [0.15, 0.2) is 5.82 Å². The molecule has 2 atom stereocenters. The van der Waals surface area contributed by atoms with Gasteiger partial charge >= 0.3 is 12.1 Å². The van der Waals surface area contributed by atoms with Crippen molar-refractivity contribution >= 4 is 62.4 Å². The summed E-state index contributed by atoms with van der Waals surface area (Å²) in [6, 6.07) is 15.0. The first kappa shape index (κ1) is 57.1. The van der Waals surface area contributed by atoms with Crippen molar-refractivity contribution in [3.05, 3.63) is 77.1 Å². The third-order valence-corrected chi connectivity index (χ3v) is 17.2. The van der Waals surface area contributed by atoms with Crippen molar-refractivity contribution in [3.8, 4) is 29.6 Å². The first-order valence-electron chi connectivity index (χ1n) is 28.5. The third-order valence-electron chi connectivity index (χ3n) is 17.2. The van der Waals surface area contributed by atoms with Crippen LogP contribution in [0.1, 0.15) is 107 Å². The maximum atomic E-state index is 16.9. The molecule has 6 aliphatic heterocycles. The maximum Gasteiger partial charge on any atom is 0.409 e. The number of ether oxygens (including phenoxy) is 3. The van der Waals surface area contributed by atoms with E-state index >= 15 is 4.39 Å². The molecule has 0 spiro atoms. The fourth-order valence-electron chi connectivity index (χ4n) is 12.9. The van der Waals surface area contributed by atoms with Gasteiger partial charge in [0.25, 0.3) is 5.92 Å². The summed E-state index contributed by atoms with van der Waals surface area (Å²) >= 11 is 0. The number of fused-ring (bicyclic) bond motifs is 5. The molecule has 0 saturated carbocycles. The van der Waals surface area contributed by atoms with Crippen molar-refractivity contribution in [2.75, 3.05) is 89.6 Å². The summed E-state index contributed by atoms with van der Waals surface area (Å²) in [6.07, 6.45) is 16.1. The van der Waals surface area contributed by atoms with Crippen LogP contribution in [0.25, 0.3) is 43.8 Å². The number of hydrogen-bond acceptors (Lipinski definition) is 13. The highest BCUT2D eigenvalue weighted by Gasteiger charge is 2.45. The number of carbonyl (C=O) groups excluding carboxylic acids is 3. The molecule has 2 unspecified atom stereocenters. The predicted molar refractivity (Wildman–Crippen MR) is 303 cm³/mol. The van der Waals surface area contributed by atoms with Gasteiger partial charge in [0.2, 0.25) is 5.91 Å². The van der Waals surface area contributed by atoms with Crippen molar-refractivity contribution < 1.29 is 46.2 Å². The van der Waals surface area contributed by atoms with E-state index in [2.05, 4.69) is 60.9 Å². The number of alkyl halides is 2. The molecule has 6 aromatic rings. The quantitative estimate of drug-likeness (QED) is 0.0785. The molecule has 0 aliphatic carbocycles. The van der Waals surface area contributed by atoms with E-state index in [0.29, 0.717) is 85.3 Å². The first-order valence-corrected chi connectivity index (χ1v) is 28.5. The van der Waals surface area contributed by atoms with Crippen LogP contribution >= 0.6 is 0 Å². The van der Waals surface area contributed by atoms with E-state index in [9.17, 15) is 27.6 Å². The zero-order valence-corrected chi connectivity index (χ0v) is 46.8. The maximum absolute atomic E-state index is 16.9. The number of rotatable bonds is 10. The monoisotopic (exact) mass is 1120 g/mol. The Labute approximate surface area is 469 Å². The Kier molecular flexibility index (Phi) is 17.3. The number of likely N-dealkylation sites (tertiary alicyclic amines) is 1. The van der Waals surface area contributed by atoms with E-state index in [-0.39, 0.29) is 46.7 Å². The summed E-state index contributed by atoms with van der Waals surface area (Å²) in [5.41, 5.74) is 4.52. The summed E-state index contributed by atoms with van der Waals surface area (Å²) in [5, 5.41) is 10.1. The Hall–Kier alpha value is -7.11. The van der Waals surface area contributed by atoms with Crippen molar-refractivity contribution in [2.45, 2.75) is 114 Å². The van der Waals surface area contributed by atoms with Crippen LogP contribution in [0.4, 0.5) is 33.9 Å². The number of aromatic nitrogens is 5. The number of benzene rings is 3. The smallest absolute Gasteiger partial charge is 0.409 e. The topological polar surface area (TPSA) is 160 Å². The Bertz CT molecular complexity index is 3330. The molecule has 12 rings (SSSR count). The second kappa shape index (κ2) is 24.5. The van der Waals surface area contributed by atoms with E-state index in [0.717, 1.165) is 105 Å². The molecule has 5 saturated heterocycles. The number of hydrogen-bond donors (Lipinski definition) is 1. The minimum Gasteiger partial charge on any atom is -0.461 e. The molecule has 20 heteroatoms. The molecule has 0 radical (unpaired) electrons. The molecule has 1 N–H and O–H groups in total. The van der Waals surface area contributed by atoms with Crippen LogP contribution in [0.5, 0.6) is 6.01 Å². The van der Waals surface area contributed by atoms with Gasteiger partial charge in [-0.15, -0.1) is 6.42 Å². The van der Waals surface area contributed by atoms with Crippen molar-refractivity contribution in [1.29, 1.82) is 0 Å².